The van der Waals surface area contributed by atoms with Crippen molar-refractivity contribution in [3.63, 3.8) is 0 Å². The van der Waals surface area contributed by atoms with Gasteiger partial charge in [0, 0.05) is 25.2 Å². The summed E-state index contributed by atoms with van der Waals surface area (Å²) in [4.78, 5) is 4.83. The van der Waals surface area contributed by atoms with Crippen LogP contribution in [-0.4, -0.2) is 56.7 Å². The molecular formula is C16H26BrN3O. The van der Waals surface area contributed by atoms with Gasteiger partial charge in [-0.3, -0.25) is 4.90 Å². The largest absolute Gasteiger partial charge is 0.496 e. The summed E-state index contributed by atoms with van der Waals surface area (Å²) in [6.07, 6.45) is 2.58. The van der Waals surface area contributed by atoms with Gasteiger partial charge >= 0.3 is 0 Å². The zero-order chi connectivity index (χ0) is 15.4. The fourth-order valence-corrected chi connectivity index (χ4v) is 3.69. The first-order valence-electron chi connectivity index (χ1n) is 7.50. The topological polar surface area (TPSA) is 41.7 Å². The van der Waals surface area contributed by atoms with Crippen LogP contribution in [0.4, 0.5) is 0 Å². The van der Waals surface area contributed by atoms with Gasteiger partial charge in [-0.15, -0.1) is 0 Å². The quantitative estimate of drug-likeness (QED) is 0.850. The summed E-state index contributed by atoms with van der Waals surface area (Å²) in [6, 6.07) is 7.10. The summed E-state index contributed by atoms with van der Waals surface area (Å²) < 4.78 is 6.28. The van der Waals surface area contributed by atoms with Gasteiger partial charge in [0.25, 0.3) is 0 Å². The van der Waals surface area contributed by atoms with Gasteiger partial charge in [0.2, 0.25) is 0 Å². The molecule has 0 spiro atoms. The Balaban J connectivity index is 2.09. The highest BCUT2D eigenvalue weighted by Crippen LogP contribution is 2.30. The van der Waals surface area contributed by atoms with Crippen LogP contribution in [0.15, 0.2) is 22.7 Å². The van der Waals surface area contributed by atoms with E-state index >= 15 is 0 Å². The van der Waals surface area contributed by atoms with E-state index in [-0.39, 0.29) is 6.04 Å². The fourth-order valence-electron chi connectivity index (χ4n) is 3.13. The van der Waals surface area contributed by atoms with Crippen molar-refractivity contribution in [1.29, 1.82) is 0 Å². The Hall–Kier alpha value is -0.620. The van der Waals surface area contributed by atoms with Crippen molar-refractivity contribution in [3.8, 4) is 5.75 Å². The third-order valence-corrected chi connectivity index (χ3v) is 5.11. The Kier molecular flexibility index (Phi) is 6.05. The second kappa shape index (κ2) is 7.58. The predicted molar refractivity (Wildman–Crippen MR) is 90.8 cm³/mol. The molecule has 2 unspecified atom stereocenters. The van der Waals surface area contributed by atoms with E-state index in [4.69, 9.17) is 10.5 Å². The number of ether oxygens (including phenoxy) is 1. The predicted octanol–water partition coefficient (Wildman–Crippen LogP) is 2.48. The minimum absolute atomic E-state index is 0.237. The lowest BCUT2D eigenvalue weighted by atomic mass is 10.0. The van der Waals surface area contributed by atoms with Gasteiger partial charge < -0.3 is 15.4 Å². The van der Waals surface area contributed by atoms with Gasteiger partial charge in [-0.2, -0.15) is 0 Å². The minimum Gasteiger partial charge on any atom is -0.496 e. The number of methoxy groups -OCH3 is 1. The fraction of sp³-hybridized carbons (Fsp3) is 0.625. The lowest BCUT2D eigenvalue weighted by Gasteiger charge is -2.32. The van der Waals surface area contributed by atoms with Crippen LogP contribution < -0.4 is 10.5 Å². The number of rotatable bonds is 6. The van der Waals surface area contributed by atoms with Crippen LogP contribution >= 0.6 is 15.9 Å². The normalized spacial score (nSPS) is 21.0. The highest BCUT2D eigenvalue weighted by atomic mass is 79.9. The van der Waals surface area contributed by atoms with Crippen LogP contribution in [0.5, 0.6) is 5.75 Å². The highest BCUT2D eigenvalue weighted by molar-refractivity contribution is 9.10. The lowest BCUT2D eigenvalue weighted by molar-refractivity contribution is 0.179. The molecule has 1 aliphatic heterocycles. The molecule has 2 rings (SSSR count). The third-order valence-electron chi connectivity index (χ3n) is 4.49. The molecule has 2 N–H and O–H groups in total. The molecule has 21 heavy (non-hydrogen) atoms. The molecule has 0 amide bonds. The number of hydrogen-bond donors (Lipinski definition) is 1. The van der Waals surface area contributed by atoms with Gasteiger partial charge in [0.05, 0.1) is 11.6 Å². The maximum Gasteiger partial charge on any atom is 0.133 e. The lowest BCUT2D eigenvalue weighted by Crippen LogP contribution is -2.40. The van der Waals surface area contributed by atoms with E-state index in [1.54, 1.807) is 7.11 Å². The molecule has 1 heterocycles. The minimum atomic E-state index is 0.237. The highest BCUT2D eigenvalue weighted by Gasteiger charge is 2.25. The van der Waals surface area contributed by atoms with E-state index < -0.39 is 0 Å². The molecular weight excluding hydrogens is 330 g/mol. The van der Waals surface area contributed by atoms with Gasteiger partial charge in [-0.25, -0.2) is 0 Å². The summed E-state index contributed by atoms with van der Waals surface area (Å²) in [5.74, 6) is 0.854. The summed E-state index contributed by atoms with van der Waals surface area (Å²) in [7, 11) is 6.07. The molecule has 1 fully saturated rings. The molecule has 0 aromatic heterocycles. The van der Waals surface area contributed by atoms with Crippen LogP contribution in [0.2, 0.25) is 0 Å². The van der Waals surface area contributed by atoms with E-state index in [1.807, 2.05) is 6.07 Å². The molecule has 1 aromatic rings. The van der Waals surface area contributed by atoms with Crippen LogP contribution in [0.1, 0.15) is 24.4 Å². The molecule has 0 bridgehead atoms. The SMILES string of the molecule is COc1ccc(C(CN)N(C)CC2CCCN2C)cc1Br. The van der Waals surface area contributed by atoms with E-state index in [0.29, 0.717) is 12.6 Å². The van der Waals surface area contributed by atoms with Crippen LogP contribution in [-0.2, 0) is 0 Å². The van der Waals surface area contributed by atoms with Crippen molar-refractivity contribution < 1.29 is 4.74 Å². The first-order valence-corrected chi connectivity index (χ1v) is 8.30. The van der Waals surface area contributed by atoms with Gasteiger partial charge in [0.15, 0.2) is 0 Å². The Morgan fingerprint density at radius 3 is 2.81 bits per heavy atom. The monoisotopic (exact) mass is 355 g/mol. The zero-order valence-corrected chi connectivity index (χ0v) is 14.8. The average Bonchev–Trinajstić information content (AvgIpc) is 2.85. The number of halogens is 1. The Morgan fingerprint density at radius 1 is 1.52 bits per heavy atom. The van der Waals surface area contributed by atoms with Crippen LogP contribution in [0.25, 0.3) is 0 Å². The average molecular weight is 356 g/mol. The maximum atomic E-state index is 6.03. The third kappa shape index (κ3) is 3.97. The van der Waals surface area contributed by atoms with Crippen molar-refractivity contribution in [3.05, 3.63) is 28.2 Å². The first kappa shape index (κ1) is 16.7. The van der Waals surface area contributed by atoms with Crippen molar-refractivity contribution in [2.75, 3.05) is 40.8 Å². The van der Waals surface area contributed by atoms with Crippen LogP contribution in [0.3, 0.4) is 0 Å². The molecule has 118 valence electrons. The molecule has 0 saturated carbocycles. The van der Waals surface area contributed by atoms with E-state index in [2.05, 4.69) is 52.0 Å². The van der Waals surface area contributed by atoms with Gasteiger partial charge in [0.1, 0.15) is 5.75 Å². The maximum absolute atomic E-state index is 6.03. The molecule has 0 radical (unpaired) electrons. The molecule has 5 heteroatoms. The molecule has 2 atom stereocenters. The Bertz CT molecular complexity index is 469. The van der Waals surface area contributed by atoms with Crippen LogP contribution in [0, 0.1) is 0 Å². The first-order chi connectivity index (χ1) is 10.1. The van der Waals surface area contributed by atoms with Crippen molar-refractivity contribution in [1.82, 2.24) is 9.80 Å². The number of nitrogens with zero attached hydrogens (tertiary/aromatic N) is 2. The summed E-state index contributed by atoms with van der Waals surface area (Å²) in [5.41, 5.74) is 7.26. The molecule has 1 aliphatic rings. The van der Waals surface area contributed by atoms with Gasteiger partial charge in [-0.05, 0) is 67.1 Å². The van der Waals surface area contributed by atoms with E-state index in [0.717, 1.165) is 16.8 Å². The standard InChI is InChI=1S/C16H26BrN3O/c1-19-8-4-5-13(19)11-20(2)15(10-18)12-6-7-16(21-3)14(17)9-12/h6-7,9,13,15H,4-5,8,10-11,18H2,1-3H3. The van der Waals surface area contributed by atoms with Crippen molar-refractivity contribution in [2.45, 2.75) is 24.9 Å². The second-order valence-electron chi connectivity index (χ2n) is 5.86. The Morgan fingerprint density at radius 2 is 2.29 bits per heavy atom. The molecule has 1 saturated heterocycles. The molecule has 1 aromatic carbocycles. The number of likely N-dealkylation sites (N-methyl/N-ethyl adjacent to an activating group) is 2. The number of nitrogens with two attached hydrogens (primary N) is 1. The number of hydrogen-bond acceptors (Lipinski definition) is 4. The summed E-state index contributed by atoms with van der Waals surface area (Å²) in [5, 5.41) is 0. The summed E-state index contributed by atoms with van der Waals surface area (Å²) in [6.45, 7) is 2.88. The molecule has 0 aliphatic carbocycles. The van der Waals surface area contributed by atoms with Crippen molar-refractivity contribution >= 4 is 15.9 Å². The Labute approximate surface area is 136 Å². The second-order valence-corrected chi connectivity index (χ2v) is 6.72. The van der Waals surface area contributed by atoms with Gasteiger partial charge in [-0.1, -0.05) is 6.07 Å². The molecule has 4 nitrogen and oxygen atoms in total. The van der Waals surface area contributed by atoms with Crippen molar-refractivity contribution in [2.24, 2.45) is 5.73 Å². The number of benzene rings is 1. The zero-order valence-electron chi connectivity index (χ0n) is 13.2. The van der Waals surface area contributed by atoms with E-state index in [1.165, 1.54) is 24.9 Å². The smallest absolute Gasteiger partial charge is 0.133 e. The van der Waals surface area contributed by atoms with E-state index in [9.17, 15) is 0 Å². The number of likely N-dealkylation sites (tertiary alicyclic amines) is 1. The summed E-state index contributed by atoms with van der Waals surface area (Å²) >= 11 is 3.56.